The number of rotatable bonds is 3. The Labute approximate surface area is 138 Å². The summed E-state index contributed by atoms with van der Waals surface area (Å²) in [5.41, 5.74) is -0.475. The number of hydrogen-bond acceptors (Lipinski definition) is 4. The van der Waals surface area contributed by atoms with Crippen LogP contribution in [0, 0.1) is 5.92 Å². The Morgan fingerprint density at radius 3 is 2.48 bits per heavy atom. The molecule has 0 aromatic rings. The van der Waals surface area contributed by atoms with Crippen molar-refractivity contribution in [3.8, 4) is 0 Å². The molecule has 0 aromatic heterocycles. The van der Waals surface area contributed by atoms with Crippen LogP contribution in [0.3, 0.4) is 0 Å². The van der Waals surface area contributed by atoms with Crippen molar-refractivity contribution in [3.63, 3.8) is 0 Å². The van der Waals surface area contributed by atoms with Crippen LogP contribution in [-0.4, -0.2) is 54.8 Å². The third-order valence-electron chi connectivity index (χ3n) is 3.98. The van der Waals surface area contributed by atoms with Gasteiger partial charge in [0.05, 0.1) is 6.61 Å². The maximum Gasteiger partial charge on any atom is 0.410 e. The van der Waals surface area contributed by atoms with Gasteiger partial charge in [-0.3, -0.25) is 4.79 Å². The molecule has 2 amide bonds. The number of hydrogen-bond donors (Lipinski definition) is 1. The van der Waals surface area contributed by atoms with E-state index in [9.17, 15) is 9.59 Å². The first-order valence-corrected chi connectivity index (χ1v) is 8.38. The van der Waals surface area contributed by atoms with Crippen LogP contribution in [-0.2, 0) is 14.3 Å². The number of nitrogens with zero attached hydrogens (tertiary/aromatic N) is 1. The van der Waals surface area contributed by atoms with Gasteiger partial charge >= 0.3 is 6.09 Å². The van der Waals surface area contributed by atoms with Crippen molar-refractivity contribution >= 4 is 12.0 Å². The molecule has 0 aliphatic carbocycles. The van der Waals surface area contributed by atoms with Crippen LogP contribution in [0.15, 0.2) is 12.2 Å². The normalized spacial score (nSPS) is 23.3. The van der Waals surface area contributed by atoms with Crippen molar-refractivity contribution in [2.75, 3.05) is 26.3 Å². The van der Waals surface area contributed by atoms with Crippen molar-refractivity contribution in [2.45, 2.75) is 51.7 Å². The van der Waals surface area contributed by atoms with Crippen LogP contribution in [0.4, 0.5) is 4.79 Å². The summed E-state index contributed by atoms with van der Waals surface area (Å²) < 4.78 is 10.6. The minimum atomic E-state index is -0.475. The highest BCUT2D eigenvalue weighted by Gasteiger charge is 2.27. The van der Waals surface area contributed by atoms with Crippen LogP contribution in [0.5, 0.6) is 0 Å². The van der Waals surface area contributed by atoms with E-state index in [-0.39, 0.29) is 18.0 Å². The van der Waals surface area contributed by atoms with Gasteiger partial charge in [0, 0.05) is 31.7 Å². The summed E-state index contributed by atoms with van der Waals surface area (Å²) in [4.78, 5) is 25.6. The van der Waals surface area contributed by atoms with E-state index in [0.29, 0.717) is 25.6 Å². The summed E-state index contributed by atoms with van der Waals surface area (Å²) in [7, 11) is 0. The van der Waals surface area contributed by atoms with E-state index >= 15 is 0 Å². The van der Waals surface area contributed by atoms with Gasteiger partial charge in [0.1, 0.15) is 5.60 Å². The Kier molecular flexibility index (Phi) is 6.04. The van der Waals surface area contributed by atoms with Gasteiger partial charge in [-0.1, -0.05) is 6.08 Å². The second-order valence-electron chi connectivity index (χ2n) is 7.23. The van der Waals surface area contributed by atoms with Crippen LogP contribution in [0.25, 0.3) is 0 Å². The van der Waals surface area contributed by atoms with Gasteiger partial charge in [-0.2, -0.15) is 0 Å². The molecule has 1 unspecified atom stereocenters. The molecular weight excluding hydrogens is 296 g/mol. The molecule has 0 aromatic carbocycles. The summed E-state index contributed by atoms with van der Waals surface area (Å²) in [5.74, 6) is 0.294. The maximum atomic E-state index is 12.0. The average Bonchev–Trinajstić information content (AvgIpc) is 2.97. The fourth-order valence-electron chi connectivity index (χ4n) is 2.71. The van der Waals surface area contributed by atoms with E-state index in [1.807, 2.05) is 26.8 Å². The van der Waals surface area contributed by atoms with Gasteiger partial charge < -0.3 is 19.7 Å². The molecule has 130 valence electrons. The highest BCUT2D eigenvalue weighted by molar-refractivity contribution is 5.87. The van der Waals surface area contributed by atoms with E-state index in [2.05, 4.69) is 5.32 Å². The van der Waals surface area contributed by atoms with Crippen molar-refractivity contribution < 1.29 is 19.1 Å². The topological polar surface area (TPSA) is 67.9 Å². The van der Waals surface area contributed by atoms with Gasteiger partial charge in [-0.25, -0.2) is 4.79 Å². The molecule has 1 N–H and O–H groups in total. The summed E-state index contributed by atoms with van der Waals surface area (Å²) in [6.45, 7) is 8.29. The molecule has 2 aliphatic heterocycles. The Morgan fingerprint density at radius 2 is 1.91 bits per heavy atom. The predicted octanol–water partition coefficient (Wildman–Crippen LogP) is 2.09. The molecule has 2 aliphatic rings. The molecule has 2 saturated heterocycles. The SMILES string of the molecule is CC(C)(C)OC(=O)N1CCC(NC(=O)/C=C/C2CCOC2)CC1. The molecule has 0 radical (unpaired) electrons. The Morgan fingerprint density at radius 1 is 1.22 bits per heavy atom. The summed E-state index contributed by atoms with van der Waals surface area (Å²) in [6, 6.07) is 0.116. The van der Waals surface area contributed by atoms with Gasteiger partial charge in [-0.05, 0) is 46.1 Å². The highest BCUT2D eigenvalue weighted by atomic mass is 16.6. The molecule has 2 rings (SSSR count). The van der Waals surface area contributed by atoms with Crippen LogP contribution in [0.1, 0.15) is 40.0 Å². The van der Waals surface area contributed by atoms with Crippen molar-refractivity contribution in [2.24, 2.45) is 5.92 Å². The fourth-order valence-corrected chi connectivity index (χ4v) is 2.71. The smallest absolute Gasteiger partial charge is 0.410 e. The van der Waals surface area contributed by atoms with Crippen LogP contribution >= 0.6 is 0 Å². The van der Waals surface area contributed by atoms with E-state index < -0.39 is 5.60 Å². The molecule has 2 heterocycles. The number of ether oxygens (including phenoxy) is 2. The number of nitrogens with one attached hydrogen (secondary N) is 1. The lowest BCUT2D eigenvalue weighted by Crippen LogP contribution is -2.47. The predicted molar refractivity (Wildman–Crippen MR) is 87.0 cm³/mol. The molecule has 1 atom stereocenters. The Hall–Kier alpha value is -1.56. The molecule has 0 spiro atoms. The number of carbonyl (C=O) groups excluding carboxylic acids is 2. The van der Waals surface area contributed by atoms with Gasteiger partial charge in [0.15, 0.2) is 0 Å². The number of likely N-dealkylation sites (tertiary alicyclic amines) is 1. The zero-order chi connectivity index (χ0) is 16.9. The Balaban J connectivity index is 1.69. The summed E-state index contributed by atoms with van der Waals surface area (Å²) >= 11 is 0. The Bertz CT molecular complexity index is 442. The maximum absolute atomic E-state index is 12.0. The standard InChI is InChI=1S/C17H28N2O4/c1-17(2,3)23-16(21)19-9-6-14(7-10-19)18-15(20)5-4-13-8-11-22-12-13/h4-5,13-14H,6-12H2,1-3H3,(H,18,20)/b5-4+. The zero-order valence-electron chi connectivity index (χ0n) is 14.3. The largest absolute Gasteiger partial charge is 0.444 e. The quantitative estimate of drug-likeness (QED) is 0.807. The highest BCUT2D eigenvalue weighted by Crippen LogP contribution is 2.16. The van der Waals surface area contributed by atoms with E-state index in [4.69, 9.17) is 9.47 Å². The van der Waals surface area contributed by atoms with Gasteiger partial charge in [0.2, 0.25) is 5.91 Å². The molecule has 2 fully saturated rings. The molecule has 0 saturated carbocycles. The van der Waals surface area contributed by atoms with Crippen molar-refractivity contribution in [1.82, 2.24) is 10.2 Å². The van der Waals surface area contributed by atoms with Crippen LogP contribution < -0.4 is 5.32 Å². The second kappa shape index (κ2) is 7.81. The van der Waals surface area contributed by atoms with E-state index in [0.717, 1.165) is 25.9 Å². The first-order valence-electron chi connectivity index (χ1n) is 8.38. The minimum Gasteiger partial charge on any atom is -0.444 e. The molecule has 6 heteroatoms. The second-order valence-corrected chi connectivity index (χ2v) is 7.23. The van der Waals surface area contributed by atoms with Crippen molar-refractivity contribution in [1.29, 1.82) is 0 Å². The lowest BCUT2D eigenvalue weighted by Gasteiger charge is -2.33. The third kappa shape index (κ3) is 6.22. The first kappa shape index (κ1) is 17.8. The van der Waals surface area contributed by atoms with Gasteiger partial charge in [-0.15, -0.1) is 0 Å². The minimum absolute atomic E-state index is 0.0624. The zero-order valence-corrected chi connectivity index (χ0v) is 14.3. The van der Waals surface area contributed by atoms with E-state index in [1.54, 1.807) is 11.0 Å². The first-order chi connectivity index (χ1) is 10.8. The van der Waals surface area contributed by atoms with Crippen molar-refractivity contribution in [3.05, 3.63) is 12.2 Å². The van der Waals surface area contributed by atoms with E-state index in [1.165, 1.54) is 0 Å². The summed E-state index contributed by atoms with van der Waals surface area (Å²) in [5, 5.41) is 3.01. The lowest BCUT2D eigenvalue weighted by atomic mass is 10.0. The molecule has 0 bridgehead atoms. The molecule has 23 heavy (non-hydrogen) atoms. The molecule has 6 nitrogen and oxygen atoms in total. The fraction of sp³-hybridized carbons (Fsp3) is 0.765. The number of piperidine rings is 1. The number of carbonyl (C=O) groups is 2. The molecular formula is C17H28N2O4. The lowest BCUT2D eigenvalue weighted by molar-refractivity contribution is -0.117. The summed E-state index contributed by atoms with van der Waals surface area (Å²) in [6.07, 6.45) is 5.76. The average molecular weight is 324 g/mol. The monoisotopic (exact) mass is 324 g/mol. The van der Waals surface area contributed by atoms with Gasteiger partial charge in [0.25, 0.3) is 0 Å². The third-order valence-corrected chi connectivity index (χ3v) is 3.98. The van der Waals surface area contributed by atoms with Crippen LogP contribution in [0.2, 0.25) is 0 Å². The number of amides is 2.